The molecule has 0 aromatic carbocycles. The number of alkyl halides is 1. The average molecular weight is 274 g/mol. The lowest BCUT2D eigenvalue weighted by molar-refractivity contribution is -0.135. The number of carbonyl (C=O) groups excluding carboxylic acids is 1. The Kier molecular flexibility index (Phi) is 3.70. The van der Waals surface area contributed by atoms with Gasteiger partial charge in [-0.15, -0.1) is 0 Å². The highest BCUT2D eigenvalue weighted by Crippen LogP contribution is 2.54. The molecule has 15 heavy (non-hydrogen) atoms. The number of hydrogen-bond acceptors (Lipinski definition) is 1. The van der Waals surface area contributed by atoms with Gasteiger partial charge in [0.1, 0.15) is 0 Å². The molecule has 0 saturated heterocycles. The molecule has 0 radical (unpaired) electrons. The second kappa shape index (κ2) is 4.86. The van der Waals surface area contributed by atoms with Crippen LogP contribution in [0.1, 0.15) is 32.6 Å². The Morgan fingerprint density at radius 1 is 1.33 bits per heavy atom. The quantitative estimate of drug-likeness (QED) is 0.706. The van der Waals surface area contributed by atoms with Gasteiger partial charge in [-0.25, -0.2) is 0 Å². The van der Waals surface area contributed by atoms with Crippen molar-refractivity contribution in [3.8, 4) is 0 Å². The standard InChI is InChI=1S/C12H20BrNO/c1-2-14(5-3-4-13)12(15)11-7-9-6-10(9)8-11/h9-11H,2-8H2,1H3. The van der Waals surface area contributed by atoms with Crippen LogP contribution in [0.5, 0.6) is 0 Å². The zero-order valence-electron chi connectivity index (χ0n) is 9.42. The summed E-state index contributed by atoms with van der Waals surface area (Å²) in [5.41, 5.74) is 0. The molecule has 2 atom stereocenters. The minimum Gasteiger partial charge on any atom is -0.343 e. The molecule has 2 nitrogen and oxygen atoms in total. The lowest BCUT2D eigenvalue weighted by atomic mass is 10.0. The molecule has 1 amide bonds. The summed E-state index contributed by atoms with van der Waals surface area (Å²) in [7, 11) is 0. The third-order valence-corrected chi connectivity index (χ3v) is 4.41. The van der Waals surface area contributed by atoms with E-state index < -0.39 is 0 Å². The minimum absolute atomic E-state index is 0.365. The Balaban J connectivity index is 1.81. The Morgan fingerprint density at radius 2 is 2.00 bits per heavy atom. The van der Waals surface area contributed by atoms with E-state index >= 15 is 0 Å². The fourth-order valence-corrected chi connectivity index (χ4v) is 3.10. The van der Waals surface area contributed by atoms with Gasteiger partial charge >= 0.3 is 0 Å². The van der Waals surface area contributed by atoms with E-state index in [1.807, 2.05) is 4.90 Å². The molecule has 0 heterocycles. The van der Waals surface area contributed by atoms with Crippen LogP contribution >= 0.6 is 15.9 Å². The lowest BCUT2D eigenvalue weighted by Gasteiger charge is -2.24. The topological polar surface area (TPSA) is 20.3 Å². The fraction of sp³-hybridized carbons (Fsp3) is 0.917. The summed E-state index contributed by atoms with van der Waals surface area (Å²) < 4.78 is 0. The number of amides is 1. The first kappa shape index (κ1) is 11.4. The van der Waals surface area contributed by atoms with Crippen LogP contribution in [0.15, 0.2) is 0 Å². The minimum atomic E-state index is 0.365. The summed E-state index contributed by atoms with van der Waals surface area (Å²) in [6, 6.07) is 0. The number of hydrogen-bond donors (Lipinski definition) is 0. The highest BCUT2D eigenvalue weighted by molar-refractivity contribution is 9.09. The first-order chi connectivity index (χ1) is 7.26. The van der Waals surface area contributed by atoms with Crippen molar-refractivity contribution in [2.75, 3.05) is 18.4 Å². The van der Waals surface area contributed by atoms with Crippen LogP contribution in [-0.4, -0.2) is 29.2 Å². The first-order valence-electron chi connectivity index (χ1n) is 6.11. The maximum absolute atomic E-state index is 12.2. The number of halogens is 1. The molecule has 0 aliphatic heterocycles. The second-order valence-corrected chi connectivity index (χ2v) is 5.68. The molecule has 2 aliphatic rings. The van der Waals surface area contributed by atoms with Crippen LogP contribution in [0.3, 0.4) is 0 Å². The molecule has 2 unspecified atom stereocenters. The third kappa shape index (κ3) is 2.55. The van der Waals surface area contributed by atoms with Crippen LogP contribution in [0.4, 0.5) is 0 Å². The van der Waals surface area contributed by atoms with Crippen molar-refractivity contribution in [2.24, 2.45) is 17.8 Å². The van der Waals surface area contributed by atoms with Crippen LogP contribution < -0.4 is 0 Å². The van der Waals surface area contributed by atoms with Gasteiger partial charge in [0.2, 0.25) is 5.91 Å². The molecule has 0 bridgehead atoms. The predicted octanol–water partition coefficient (Wildman–Crippen LogP) is 2.67. The molecule has 0 N–H and O–H groups in total. The lowest BCUT2D eigenvalue weighted by Crippen LogP contribution is -2.36. The Labute approximate surface area is 101 Å². The van der Waals surface area contributed by atoms with Gasteiger partial charge in [0, 0.05) is 24.3 Å². The van der Waals surface area contributed by atoms with Gasteiger partial charge in [-0.3, -0.25) is 4.79 Å². The van der Waals surface area contributed by atoms with Gasteiger partial charge < -0.3 is 4.90 Å². The zero-order chi connectivity index (χ0) is 10.8. The highest BCUT2D eigenvalue weighted by Gasteiger charge is 2.48. The van der Waals surface area contributed by atoms with Crippen molar-refractivity contribution in [1.29, 1.82) is 0 Å². The maximum atomic E-state index is 12.2. The van der Waals surface area contributed by atoms with Crippen molar-refractivity contribution >= 4 is 21.8 Å². The summed E-state index contributed by atoms with van der Waals surface area (Å²) in [5, 5.41) is 0.993. The molecule has 86 valence electrons. The molecular weight excluding hydrogens is 254 g/mol. The molecular formula is C12H20BrNO. The monoisotopic (exact) mass is 273 g/mol. The smallest absolute Gasteiger partial charge is 0.225 e. The maximum Gasteiger partial charge on any atom is 0.225 e. The number of nitrogens with zero attached hydrogens (tertiary/aromatic N) is 1. The zero-order valence-corrected chi connectivity index (χ0v) is 11.0. The molecule has 0 spiro atoms. The second-order valence-electron chi connectivity index (χ2n) is 4.88. The van der Waals surface area contributed by atoms with Crippen LogP contribution in [0.25, 0.3) is 0 Å². The van der Waals surface area contributed by atoms with Crippen molar-refractivity contribution < 1.29 is 4.79 Å². The van der Waals surface area contributed by atoms with Gasteiger partial charge in [0.05, 0.1) is 0 Å². The summed E-state index contributed by atoms with van der Waals surface area (Å²) in [6.45, 7) is 3.88. The molecule has 0 aromatic rings. The van der Waals surface area contributed by atoms with Crippen molar-refractivity contribution in [1.82, 2.24) is 4.90 Å². The van der Waals surface area contributed by atoms with Gasteiger partial charge in [0.15, 0.2) is 0 Å². The summed E-state index contributed by atoms with van der Waals surface area (Å²) in [5.74, 6) is 2.61. The van der Waals surface area contributed by atoms with Gasteiger partial charge in [-0.05, 0) is 44.4 Å². The molecule has 2 rings (SSSR count). The number of carbonyl (C=O) groups is 1. The summed E-state index contributed by atoms with van der Waals surface area (Å²) in [4.78, 5) is 14.2. The van der Waals surface area contributed by atoms with Crippen LogP contribution in [-0.2, 0) is 4.79 Å². The van der Waals surface area contributed by atoms with Gasteiger partial charge in [-0.1, -0.05) is 15.9 Å². The van der Waals surface area contributed by atoms with Gasteiger partial charge in [0.25, 0.3) is 0 Å². The fourth-order valence-electron chi connectivity index (χ4n) is 2.85. The van der Waals surface area contributed by atoms with Gasteiger partial charge in [-0.2, -0.15) is 0 Å². The molecule has 0 aromatic heterocycles. The van der Waals surface area contributed by atoms with E-state index in [1.54, 1.807) is 0 Å². The SMILES string of the molecule is CCN(CCCBr)C(=O)C1CC2CC2C1. The molecule has 2 saturated carbocycles. The molecule has 2 fully saturated rings. The van der Waals surface area contributed by atoms with E-state index in [4.69, 9.17) is 0 Å². The van der Waals surface area contributed by atoms with E-state index in [9.17, 15) is 4.79 Å². The Morgan fingerprint density at radius 3 is 2.53 bits per heavy atom. The van der Waals surface area contributed by atoms with E-state index in [1.165, 1.54) is 19.3 Å². The van der Waals surface area contributed by atoms with Crippen molar-refractivity contribution in [3.05, 3.63) is 0 Å². The first-order valence-corrected chi connectivity index (χ1v) is 7.23. The third-order valence-electron chi connectivity index (χ3n) is 3.85. The van der Waals surface area contributed by atoms with E-state index in [-0.39, 0.29) is 0 Å². The predicted molar refractivity (Wildman–Crippen MR) is 65.0 cm³/mol. The normalized spacial score (nSPS) is 32.5. The Bertz CT molecular complexity index is 234. The van der Waals surface area contributed by atoms with Crippen molar-refractivity contribution in [3.63, 3.8) is 0 Å². The highest BCUT2D eigenvalue weighted by atomic mass is 79.9. The Hall–Kier alpha value is -0.0500. The van der Waals surface area contributed by atoms with Crippen LogP contribution in [0.2, 0.25) is 0 Å². The van der Waals surface area contributed by atoms with E-state index in [2.05, 4.69) is 22.9 Å². The van der Waals surface area contributed by atoms with Crippen LogP contribution in [0, 0.1) is 17.8 Å². The number of rotatable bonds is 5. The van der Waals surface area contributed by atoms with Crippen molar-refractivity contribution in [2.45, 2.75) is 32.6 Å². The molecule has 2 aliphatic carbocycles. The van der Waals surface area contributed by atoms with E-state index in [0.29, 0.717) is 11.8 Å². The summed E-state index contributed by atoms with van der Waals surface area (Å²) >= 11 is 3.42. The van der Waals surface area contributed by atoms with E-state index in [0.717, 1.165) is 36.7 Å². The largest absolute Gasteiger partial charge is 0.343 e. The molecule has 3 heteroatoms. The average Bonchev–Trinajstić information content (AvgIpc) is 2.86. The summed E-state index contributed by atoms with van der Waals surface area (Å²) in [6.07, 6.45) is 4.82. The number of fused-ring (bicyclic) bond motifs is 1.